The normalized spacial score (nSPS) is 21.3. The number of morpholine rings is 1. The van der Waals surface area contributed by atoms with Crippen LogP contribution in [0.2, 0.25) is 0 Å². The van der Waals surface area contributed by atoms with Crippen LogP contribution in [0.25, 0.3) is 0 Å². The van der Waals surface area contributed by atoms with E-state index >= 15 is 0 Å². The molecule has 1 atom stereocenters. The second kappa shape index (κ2) is 6.76. The standard InChI is InChI=1S/C10H20N2O3/c1-3-14-7-5-12(2)10(13)9-8-11-4-6-15-9/h9,11H,3-8H2,1-2H3. The van der Waals surface area contributed by atoms with Crippen molar-refractivity contribution in [3.63, 3.8) is 0 Å². The van der Waals surface area contributed by atoms with Crippen LogP contribution in [0.4, 0.5) is 0 Å². The molecule has 0 aromatic carbocycles. The molecule has 0 bridgehead atoms. The third-order valence-electron chi connectivity index (χ3n) is 2.35. The second-order valence-electron chi connectivity index (χ2n) is 3.52. The number of hydrogen-bond donors (Lipinski definition) is 1. The Hall–Kier alpha value is -0.650. The van der Waals surface area contributed by atoms with Gasteiger partial charge in [0, 0.05) is 33.3 Å². The molecule has 1 heterocycles. The Labute approximate surface area is 90.7 Å². The van der Waals surface area contributed by atoms with Gasteiger partial charge in [0.2, 0.25) is 0 Å². The van der Waals surface area contributed by atoms with E-state index in [2.05, 4.69) is 5.32 Å². The Kier molecular flexibility index (Phi) is 5.60. The molecule has 1 amide bonds. The molecule has 5 heteroatoms. The van der Waals surface area contributed by atoms with Crippen LogP contribution in [0.1, 0.15) is 6.92 Å². The van der Waals surface area contributed by atoms with Crippen LogP contribution in [-0.4, -0.2) is 63.4 Å². The van der Waals surface area contributed by atoms with E-state index in [1.807, 2.05) is 6.92 Å². The summed E-state index contributed by atoms with van der Waals surface area (Å²) in [6.45, 7) is 5.87. The van der Waals surface area contributed by atoms with E-state index in [4.69, 9.17) is 9.47 Å². The highest BCUT2D eigenvalue weighted by atomic mass is 16.5. The predicted molar refractivity (Wildman–Crippen MR) is 56.7 cm³/mol. The zero-order valence-corrected chi connectivity index (χ0v) is 9.49. The average molecular weight is 216 g/mol. The summed E-state index contributed by atoms with van der Waals surface area (Å²) in [6.07, 6.45) is -0.328. The molecule has 0 spiro atoms. The summed E-state index contributed by atoms with van der Waals surface area (Å²) < 4.78 is 10.6. The number of nitrogens with zero attached hydrogens (tertiary/aromatic N) is 1. The number of likely N-dealkylation sites (N-methyl/N-ethyl adjacent to an activating group) is 1. The smallest absolute Gasteiger partial charge is 0.252 e. The largest absolute Gasteiger partial charge is 0.380 e. The van der Waals surface area contributed by atoms with Crippen LogP contribution in [-0.2, 0) is 14.3 Å². The van der Waals surface area contributed by atoms with Crippen molar-refractivity contribution >= 4 is 5.91 Å². The number of carbonyl (C=O) groups is 1. The average Bonchev–Trinajstić information content (AvgIpc) is 2.29. The van der Waals surface area contributed by atoms with Gasteiger partial charge in [-0.25, -0.2) is 0 Å². The van der Waals surface area contributed by atoms with Crippen LogP contribution < -0.4 is 5.32 Å². The third kappa shape index (κ3) is 4.15. The predicted octanol–water partition coefficient (Wildman–Crippen LogP) is -0.530. The first kappa shape index (κ1) is 12.4. The van der Waals surface area contributed by atoms with Gasteiger partial charge in [0.25, 0.3) is 5.91 Å². The molecule has 1 aliphatic heterocycles. The first-order chi connectivity index (χ1) is 7.25. The first-order valence-electron chi connectivity index (χ1n) is 5.40. The maximum atomic E-state index is 11.8. The van der Waals surface area contributed by atoms with E-state index in [1.165, 1.54) is 0 Å². The summed E-state index contributed by atoms with van der Waals surface area (Å²) in [5.41, 5.74) is 0. The van der Waals surface area contributed by atoms with Crippen molar-refractivity contribution in [2.75, 3.05) is 46.5 Å². The van der Waals surface area contributed by atoms with Gasteiger partial charge in [-0.2, -0.15) is 0 Å². The monoisotopic (exact) mass is 216 g/mol. The van der Waals surface area contributed by atoms with Crippen molar-refractivity contribution in [3.8, 4) is 0 Å². The summed E-state index contributed by atoms with van der Waals surface area (Å²) in [4.78, 5) is 13.5. The summed E-state index contributed by atoms with van der Waals surface area (Å²) in [6, 6.07) is 0. The highest BCUT2D eigenvalue weighted by molar-refractivity contribution is 5.81. The highest BCUT2D eigenvalue weighted by Crippen LogP contribution is 2.00. The zero-order valence-electron chi connectivity index (χ0n) is 9.49. The SMILES string of the molecule is CCOCCN(C)C(=O)C1CNCCO1. The second-order valence-corrected chi connectivity index (χ2v) is 3.52. The van der Waals surface area contributed by atoms with Gasteiger partial charge in [0.05, 0.1) is 13.2 Å². The van der Waals surface area contributed by atoms with Crippen molar-refractivity contribution in [2.45, 2.75) is 13.0 Å². The lowest BCUT2D eigenvalue weighted by atomic mass is 10.2. The van der Waals surface area contributed by atoms with Gasteiger partial charge in [0.15, 0.2) is 0 Å². The Morgan fingerprint density at radius 1 is 1.67 bits per heavy atom. The lowest BCUT2D eigenvalue weighted by Crippen LogP contribution is -2.48. The van der Waals surface area contributed by atoms with Crippen molar-refractivity contribution in [1.29, 1.82) is 0 Å². The van der Waals surface area contributed by atoms with Gasteiger partial charge >= 0.3 is 0 Å². The summed E-state index contributed by atoms with van der Waals surface area (Å²) in [7, 11) is 1.78. The Morgan fingerprint density at radius 3 is 3.07 bits per heavy atom. The quantitative estimate of drug-likeness (QED) is 0.628. The zero-order chi connectivity index (χ0) is 11.1. The third-order valence-corrected chi connectivity index (χ3v) is 2.35. The maximum absolute atomic E-state index is 11.8. The van der Waals surface area contributed by atoms with Crippen LogP contribution in [0.5, 0.6) is 0 Å². The summed E-state index contributed by atoms with van der Waals surface area (Å²) in [5, 5.41) is 3.13. The molecule has 1 unspecified atom stereocenters. The van der Waals surface area contributed by atoms with Crippen LogP contribution in [0, 0.1) is 0 Å². The summed E-state index contributed by atoms with van der Waals surface area (Å²) >= 11 is 0. The highest BCUT2D eigenvalue weighted by Gasteiger charge is 2.24. The van der Waals surface area contributed by atoms with Crippen LogP contribution in [0.15, 0.2) is 0 Å². The molecule has 1 saturated heterocycles. The van der Waals surface area contributed by atoms with Crippen LogP contribution in [0.3, 0.4) is 0 Å². The van der Waals surface area contributed by atoms with Gasteiger partial charge in [-0.15, -0.1) is 0 Å². The number of rotatable bonds is 5. The lowest BCUT2D eigenvalue weighted by molar-refractivity contribution is -0.144. The molecule has 88 valence electrons. The minimum Gasteiger partial charge on any atom is -0.380 e. The fourth-order valence-electron chi connectivity index (χ4n) is 1.43. The molecule has 0 saturated carbocycles. The molecule has 5 nitrogen and oxygen atoms in total. The van der Waals surface area contributed by atoms with Crippen molar-refractivity contribution in [3.05, 3.63) is 0 Å². The minimum absolute atomic E-state index is 0.0295. The number of amides is 1. The molecule has 0 aromatic heterocycles. The van der Waals surface area contributed by atoms with E-state index in [9.17, 15) is 4.79 Å². The Morgan fingerprint density at radius 2 is 2.47 bits per heavy atom. The van der Waals surface area contributed by atoms with Gasteiger partial charge in [0.1, 0.15) is 6.10 Å². The number of hydrogen-bond acceptors (Lipinski definition) is 4. The lowest BCUT2D eigenvalue weighted by Gasteiger charge is -2.27. The van der Waals surface area contributed by atoms with Gasteiger partial charge in [-0.05, 0) is 6.92 Å². The molecule has 0 aliphatic carbocycles. The van der Waals surface area contributed by atoms with E-state index < -0.39 is 0 Å². The molecule has 1 N–H and O–H groups in total. The Bertz CT molecular complexity index is 193. The number of carbonyl (C=O) groups excluding carboxylic acids is 1. The molecule has 1 aliphatic rings. The molecular formula is C10H20N2O3. The molecule has 1 rings (SSSR count). The van der Waals surface area contributed by atoms with Crippen molar-refractivity contribution in [2.24, 2.45) is 0 Å². The number of ether oxygens (including phenoxy) is 2. The fourth-order valence-corrected chi connectivity index (χ4v) is 1.43. The van der Waals surface area contributed by atoms with Crippen molar-refractivity contribution < 1.29 is 14.3 Å². The maximum Gasteiger partial charge on any atom is 0.252 e. The van der Waals surface area contributed by atoms with E-state index in [1.54, 1.807) is 11.9 Å². The van der Waals surface area contributed by atoms with Crippen LogP contribution >= 0.6 is 0 Å². The summed E-state index contributed by atoms with van der Waals surface area (Å²) in [5.74, 6) is 0.0295. The van der Waals surface area contributed by atoms with Crippen molar-refractivity contribution in [1.82, 2.24) is 10.2 Å². The van der Waals surface area contributed by atoms with Gasteiger partial charge < -0.3 is 19.7 Å². The van der Waals surface area contributed by atoms with E-state index in [-0.39, 0.29) is 12.0 Å². The minimum atomic E-state index is -0.328. The van der Waals surface area contributed by atoms with Gasteiger partial charge in [-0.1, -0.05) is 0 Å². The fraction of sp³-hybridized carbons (Fsp3) is 0.900. The molecule has 15 heavy (non-hydrogen) atoms. The number of nitrogens with one attached hydrogen (secondary N) is 1. The topological polar surface area (TPSA) is 50.8 Å². The molecule has 0 aromatic rings. The van der Waals surface area contributed by atoms with Gasteiger partial charge in [-0.3, -0.25) is 4.79 Å². The molecular weight excluding hydrogens is 196 g/mol. The Balaban J connectivity index is 2.24. The molecule has 0 radical (unpaired) electrons. The molecule has 1 fully saturated rings. The van der Waals surface area contributed by atoms with E-state index in [0.29, 0.717) is 32.9 Å². The van der Waals surface area contributed by atoms with E-state index in [0.717, 1.165) is 6.54 Å². The first-order valence-corrected chi connectivity index (χ1v) is 5.40.